The van der Waals surface area contributed by atoms with Crippen LogP contribution in [0.15, 0.2) is 46.8 Å². The van der Waals surface area contributed by atoms with E-state index in [0.717, 1.165) is 16.8 Å². The molecule has 0 unspecified atom stereocenters. The smallest absolute Gasteiger partial charge is 0.269 e. The first-order valence-corrected chi connectivity index (χ1v) is 10.7. The van der Waals surface area contributed by atoms with Gasteiger partial charge in [-0.1, -0.05) is 59.0 Å². The Hall–Kier alpha value is -2.62. The molecule has 0 fully saturated rings. The van der Waals surface area contributed by atoms with E-state index in [-0.39, 0.29) is 17.6 Å². The molecule has 3 rings (SSSR count). The van der Waals surface area contributed by atoms with Gasteiger partial charge in [0.25, 0.3) is 5.91 Å². The zero-order valence-electron chi connectivity index (χ0n) is 15.7. The molecule has 0 spiro atoms. The number of amides is 2. The van der Waals surface area contributed by atoms with Crippen molar-refractivity contribution in [3.8, 4) is 0 Å². The lowest BCUT2D eigenvalue weighted by Crippen LogP contribution is -2.42. The fraction of sp³-hybridized carbons (Fsp3) is 0.158. The van der Waals surface area contributed by atoms with Gasteiger partial charge >= 0.3 is 0 Å². The molecule has 1 aromatic heterocycles. The summed E-state index contributed by atoms with van der Waals surface area (Å²) in [4.78, 5) is 23.9. The SMILES string of the molecule is Cc1cc(C)c(Nc2nnc(SCC(=O)NNC(=O)c3ccccc3)s2)c(Cl)c1. The first-order valence-electron chi connectivity index (χ1n) is 8.56. The number of nitrogens with one attached hydrogen (secondary N) is 3. The minimum atomic E-state index is -0.378. The highest BCUT2D eigenvalue weighted by molar-refractivity contribution is 8.01. The fourth-order valence-electron chi connectivity index (χ4n) is 2.45. The van der Waals surface area contributed by atoms with E-state index in [2.05, 4.69) is 26.4 Å². The van der Waals surface area contributed by atoms with Crippen molar-refractivity contribution in [2.24, 2.45) is 0 Å². The van der Waals surface area contributed by atoms with E-state index >= 15 is 0 Å². The van der Waals surface area contributed by atoms with Gasteiger partial charge in [0.1, 0.15) is 0 Å². The largest absolute Gasteiger partial charge is 0.329 e. The van der Waals surface area contributed by atoms with E-state index in [1.807, 2.05) is 32.0 Å². The average molecular weight is 448 g/mol. The van der Waals surface area contributed by atoms with Crippen LogP contribution in [0.3, 0.4) is 0 Å². The number of hydrogen-bond acceptors (Lipinski definition) is 7. The molecule has 0 aliphatic rings. The molecule has 2 aromatic carbocycles. The third-order valence-corrected chi connectivity index (χ3v) is 6.02. The topological polar surface area (TPSA) is 96.0 Å². The number of benzene rings is 2. The summed E-state index contributed by atoms with van der Waals surface area (Å²) in [6.45, 7) is 3.95. The first kappa shape index (κ1) is 21.1. The molecule has 3 aromatic rings. The highest BCUT2D eigenvalue weighted by Crippen LogP contribution is 2.33. The van der Waals surface area contributed by atoms with Crippen LogP contribution in [0, 0.1) is 13.8 Å². The summed E-state index contributed by atoms with van der Waals surface area (Å²) in [5.41, 5.74) is 8.10. The summed E-state index contributed by atoms with van der Waals surface area (Å²) in [5.74, 6) is -0.633. The molecule has 10 heteroatoms. The Morgan fingerprint density at radius 1 is 1.10 bits per heavy atom. The number of hydrazine groups is 1. The number of carbonyl (C=O) groups excluding carboxylic acids is 2. The number of rotatable bonds is 6. The highest BCUT2D eigenvalue weighted by Gasteiger charge is 2.12. The van der Waals surface area contributed by atoms with Crippen LogP contribution in [-0.4, -0.2) is 27.8 Å². The van der Waals surface area contributed by atoms with Gasteiger partial charge in [-0.25, -0.2) is 0 Å². The van der Waals surface area contributed by atoms with Crippen LogP contribution in [0.5, 0.6) is 0 Å². The summed E-state index contributed by atoms with van der Waals surface area (Å²) < 4.78 is 0.623. The van der Waals surface area contributed by atoms with E-state index < -0.39 is 0 Å². The van der Waals surface area contributed by atoms with Gasteiger partial charge in [0.05, 0.1) is 16.5 Å². The molecule has 150 valence electrons. The minimum Gasteiger partial charge on any atom is -0.329 e. The van der Waals surface area contributed by atoms with Crippen LogP contribution in [0.2, 0.25) is 5.02 Å². The lowest BCUT2D eigenvalue weighted by Gasteiger charge is -2.09. The van der Waals surface area contributed by atoms with Crippen LogP contribution in [0.1, 0.15) is 21.5 Å². The molecule has 0 aliphatic carbocycles. The molecule has 0 radical (unpaired) electrons. The molecule has 0 bridgehead atoms. The molecule has 29 heavy (non-hydrogen) atoms. The normalized spacial score (nSPS) is 10.4. The van der Waals surface area contributed by atoms with Gasteiger partial charge in [-0.15, -0.1) is 10.2 Å². The number of thioether (sulfide) groups is 1. The number of aromatic nitrogens is 2. The van der Waals surface area contributed by atoms with Crippen LogP contribution >= 0.6 is 34.7 Å². The van der Waals surface area contributed by atoms with Gasteiger partial charge in [0.15, 0.2) is 4.34 Å². The quantitative estimate of drug-likeness (QED) is 0.389. The molecular weight excluding hydrogens is 430 g/mol. The van der Waals surface area contributed by atoms with Gasteiger partial charge in [-0.2, -0.15) is 0 Å². The molecule has 7 nitrogen and oxygen atoms in total. The molecule has 0 atom stereocenters. The number of hydrogen-bond donors (Lipinski definition) is 3. The van der Waals surface area contributed by atoms with Crippen molar-refractivity contribution >= 4 is 57.3 Å². The summed E-state index contributed by atoms with van der Waals surface area (Å²) in [5, 5.41) is 12.5. The molecule has 0 saturated heterocycles. The van der Waals surface area contributed by atoms with E-state index in [9.17, 15) is 9.59 Å². The summed E-state index contributed by atoms with van der Waals surface area (Å²) in [7, 11) is 0. The van der Waals surface area contributed by atoms with Gasteiger partial charge in [-0.3, -0.25) is 20.4 Å². The molecule has 1 heterocycles. The van der Waals surface area contributed by atoms with Gasteiger partial charge in [0, 0.05) is 5.56 Å². The predicted molar refractivity (Wildman–Crippen MR) is 117 cm³/mol. The van der Waals surface area contributed by atoms with Crippen molar-refractivity contribution in [1.29, 1.82) is 0 Å². The number of nitrogens with zero attached hydrogens (tertiary/aromatic N) is 2. The zero-order valence-corrected chi connectivity index (χ0v) is 18.0. The predicted octanol–water partition coefficient (Wildman–Crippen LogP) is 4.11. The van der Waals surface area contributed by atoms with E-state index in [1.165, 1.54) is 23.1 Å². The second-order valence-corrected chi connectivity index (χ2v) is 8.70. The highest BCUT2D eigenvalue weighted by atomic mass is 35.5. The van der Waals surface area contributed by atoms with Crippen LogP contribution in [0.4, 0.5) is 10.8 Å². The Morgan fingerprint density at radius 3 is 2.59 bits per heavy atom. The zero-order chi connectivity index (χ0) is 20.8. The molecule has 2 amide bonds. The van der Waals surface area contributed by atoms with Crippen LogP contribution in [0.25, 0.3) is 0 Å². The van der Waals surface area contributed by atoms with Crippen LogP contribution in [-0.2, 0) is 4.79 Å². The van der Waals surface area contributed by atoms with E-state index in [0.29, 0.717) is 20.1 Å². The Bertz CT molecular complexity index is 1000. The number of halogens is 1. The van der Waals surface area contributed by atoms with Crippen molar-refractivity contribution in [3.05, 3.63) is 64.2 Å². The Morgan fingerprint density at radius 2 is 1.86 bits per heavy atom. The first-order chi connectivity index (χ1) is 13.9. The number of carbonyl (C=O) groups is 2. The number of aryl methyl sites for hydroxylation is 2. The van der Waals surface area contributed by atoms with Crippen molar-refractivity contribution < 1.29 is 9.59 Å². The Balaban J connectivity index is 1.49. The molecule has 0 saturated carbocycles. The summed E-state index contributed by atoms with van der Waals surface area (Å²) >= 11 is 8.84. The minimum absolute atomic E-state index is 0.0913. The maximum Gasteiger partial charge on any atom is 0.269 e. The Kier molecular flexibility index (Phi) is 7.08. The summed E-state index contributed by atoms with van der Waals surface area (Å²) in [6.07, 6.45) is 0. The van der Waals surface area contributed by atoms with Crippen molar-refractivity contribution in [1.82, 2.24) is 21.0 Å². The third kappa shape index (κ3) is 5.93. The molecular formula is C19H18ClN5O2S2. The number of anilines is 2. The second kappa shape index (κ2) is 9.73. The monoisotopic (exact) mass is 447 g/mol. The maximum absolute atomic E-state index is 11.9. The average Bonchev–Trinajstić information content (AvgIpc) is 3.15. The van der Waals surface area contributed by atoms with Gasteiger partial charge in [-0.05, 0) is 43.2 Å². The van der Waals surface area contributed by atoms with E-state index in [4.69, 9.17) is 11.6 Å². The molecule has 3 N–H and O–H groups in total. The van der Waals surface area contributed by atoms with Crippen molar-refractivity contribution in [3.63, 3.8) is 0 Å². The lowest BCUT2D eigenvalue weighted by molar-refractivity contribution is -0.119. The van der Waals surface area contributed by atoms with Crippen molar-refractivity contribution in [2.75, 3.05) is 11.1 Å². The maximum atomic E-state index is 11.9. The van der Waals surface area contributed by atoms with Gasteiger partial charge in [0.2, 0.25) is 11.0 Å². The second-order valence-electron chi connectivity index (χ2n) is 6.09. The Labute approximate surface area is 181 Å². The van der Waals surface area contributed by atoms with Crippen molar-refractivity contribution in [2.45, 2.75) is 18.2 Å². The standard InChI is InChI=1S/C19H18ClN5O2S2/c1-11-8-12(2)16(14(20)9-11)21-18-24-25-19(29-18)28-10-15(26)22-23-17(27)13-6-4-3-5-7-13/h3-9H,10H2,1-2H3,(H,21,24)(H,22,26)(H,23,27). The fourth-order valence-corrected chi connectivity index (χ4v) is 4.38. The van der Waals surface area contributed by atoms with Gasteiger partial charge < -0.3 is 5.32 Å². The van der Waals surface area contributed by atoms with Crippen LogP contribution < -0.4 is 16.2 Å². The summed E-state index contributed by atoms with van der Waals surface area (Å²) in [6, 6.07) is 12.5. The molecule has 0 aliphatic heterocycles. The third-order valence-electron chi connectivity index (χ3n) is 3.75. The lowest BCUT2D eigenvalue weighted by atomic mass is 10.1. The van der Waals surface area contributed by atoms with E-state index in [1.54, 1.807) is 24.3 Å².